The average Bonchev–Trinajstić information content (AvgIpc) is 3.17. The molecule has 0 fully saturated rings. The smallest absolute Gasteiger partial charge is 0.0464 e. The molecule has 246 valence electrons. The second kappa shape index (κ2) is 14.7. The zero-order valence-electron chi connectivity index (χ0n) is 29.4. The van der Waals surface area contributed by atoms with Crippen LogP contribution in [-0.2, 0) is 0 Å². The summed E-state index contributed by atoms with van der Waals surface area (Å²) in [6.45, 7) is 8.98. The molecule has 0 atom stereocenters. The van der Waals surface area contributed by atoms with E-state index in [1.807, 2.05) is 0 Å². The Morgan fingerprint density at radius 3 is 0.880 bits per heavy atom. The van der Waals surface area contributed by atoms with Gasteiger partial charge in [-0.15, -0.1) is 0 Å². The Hall–Kier alpha value is -5.86. The van der Waals surface area contributed by atoms with E-state index in [9.17, 15) is 0 Å². The Kier molecular flexibility index (Phi) is 9.62. The van der Waals surface area contributed by atoms with Gasteiger partial charge in [0.25, 0.3) is 0 Å². The number of anilines is 6. The molecule has 50 heavy (non-hydrogen) atoms. The summed E-state index contributed by atoms with van der Waals surface area (Å²) < 4.78 is 0. The van der Waals surface area contributed by atoms with Crippen molar-refractivity contribution >= 4 is 34.1 Å². The molecule has 0 aliphatic heterocycles. The van der Waals surface area contributed by atoms with Gasteiger partial charge in [-0.2, -0.15) is 0 Å². The van der Waals surface area contributed by atoms with Gasteiger partial charge in [0.05, 0.1) is 0 Å². The average molecular weight is 649 g/mol. The highest BCUT2D eigenvalue weighted by Gasteiger charge is 2.15. The number of rotatable bonds is 10. The second-order valence-corrected chi connectivity index (χ2v) is 13.5. The molecular weight excluding hydrogens is 605 g/mol. The lowest BCUT2D eigenvalue weighted by Crippen LogP contribution is -2.10. The number of hydrogen-bond donors (Lipinski definition) is 0. The third-order valence-corrected chi connectivity index (χ3v) is 9.42. The van der Waals surface area contributed by atoms with Crippen LogP contribution in [0.1, 0.15) is 50.7 Å². The standard InChI is InChI=1S/C48H44N2/c1-35(2)41-13-11-19-47(33-41)49(43-15-7-5-8-16-43)45-29-25-39(26-30-45)37-21-23-38(24-22-37)40-27-31-46(32-28-40)50(44-17-9-6-10-18-44)48-20-12-14-42(34-48)36(3)4/h5-36H,1-4H3. The van der Waals surface area contributed by atoms with Crippen molar-refractivity contribution in [1.29, 1.82) is 0 Å². The quantitative estimate of drug-likeness (QED) is 0.146. The number of benzene rings is 7. The summed E-state index contributed by atoms with van der Waals surface area (Å²) in [6, 6.07) is 65.7. The first kappa shape index (κ1) is 32.7. The Bertz CT molecular complexity index is 1970. The molecule has 0 aromatic heterocycles. The minimum atomic E-state index is 0.465. The minimum Gasteiger partial charge on any atom is -0.310 e. The third kappa shape index (κ3) is 7.11. The van der Waals surface area contributed by atoms with E-state index in [-0.39, 0.29) is 0 Å². The van der Waals surface area contributed by atoms with Crippen LogP contribution in [0.15, 0.2) is 182 Å². The van der Waals surface area contributed by atoms with Crippen LogP contribution in [0, 0.1) is 0 Å². The van der Waals surface area contributed by atoms with Gasteiger partial charge in [0, 0.05) is 34.1 Å². The highest BCUT2D eigenvalue weighted by molar-refractivity contribution is 5.81. The molecule has 0 saturated heterocycles. The Morgan fingerprint density at radius 2 is 0.560 bits per heavy atom. The van der Waals surface area contributed by atoms with Crippen LogP contribution in [0.25, 0.3) is 22.3 Å². The lowest BCUT2D eigenvalue weighted by atomic mass is 9.99. The predicted molar refractivity (Wildman–Crippen MR) is 215 cm³/mol. The highest BCUT2D eigenvalue weighted by atomic mass is 15.1. The topological polar surface area (TPSA) is 6.48 Å². The lowest BCUT2D eigenvalue weighted by Gasteiger charge is -2.26. The van der Waals surface area contributed by atoms with Crippen LogP contribution in [0.2, 0.25) is 0 Å². The molecular formula is C48H44N2. The number of hydrogen-bond acceptors (Lipinski definition) is 2. The van der Waals surface area contributed by atoms with Crippen LogP contribution < -0.4 is 9.80 Å². The van der Waals surface area contributed by atoms with Gasteiger partial charge in [0.15, 0.2) is 0 Å². The fourth-order valence-electron chi connectivity index (χ4n) is 6.56. The van der Waals surface area contributed by atoms with Crippen molar-refractivity contribution in [1.82, 2.24) is 0 Å². The second-order valence-electron chi connectivity index (χ2n) is 13.5. The van der Waals surface area contributed by atoms with Crippen LogP contribution in [0.3, 0.4) is 0 Å². The van der Waals surface area contributed by atoms with Crippen molar-refractivity contribution in [2.75, 3.05) is 9.80 Å². The van der Waals surface area contributed by atoms with Crippen LogP contribution in [-0.4, -0.2) is 0 Å². The molecule has 0 bridgehead atoms. The largest absolute Gasteiger partial charge is 0.310 e. The maximum Gasteiger partial charge on any atom is 0.0464 e. The maximum atomic E-state index is 2.34. The summed E-state index contributed by atoms with van der Waals surface area (Å²) in [5.41, 5.74) is 14.4. The van der Waals surface area contributed by atoms with Crippen LogP contribution in [0.5, 0.6) is 0 Å². The molecule has 0 unspecified atom stereocenters. The van der Waals surface area contributed by atoms with Gasteiger partial charge in [-0.3, -0.25) is 0 Å². The van der Waals surface area contributed by atoms with E-state index in [1.54, 1.807) is 0 Å². The zero-order chi connectivity index (χ0) is 34.5. The number of para-hydroxylation sites is 2. The monoisotopic (exact) mass is 648 g/mol. The van der Waals surface area contributed by atoms with E-state index in [4.69, 9.17) is 0 Å². The fourth-order valence-corrected chi connectivity index (χ4v) is 6.56. The minimum absolute atomic E-state index is 0.465. The first-order valence-corrected chi connectivity index (χ1v) is 17.7. The summed E-state index contributed by atoms with van der Waals surface area (Å²) in [5.74, 6) is 0.930. The summed E-state index contributed by atoms with van der Waals surface area (Å²) in [7, 11) is 0. The molecule has 0 aliphatic carbocycles. The molecule has 0 amide bonds. The maximum absolute atomic E-state index is 2.34. The van der Waals surface area contributed by atoms with E-state index in [0.29, 0.717) is 11.8 Å². The van der Waals surface area contributed by atoms with E-state index >= 15 is 0 Å². The van der Waals surface area contributed by atoms with E-state index in [2.05, 4.69) is 219 Å². The van der Waals surface area contributed by atoms with Gasteiger partial charge in [-0.05, 0) is 118 Å². The van der Waals surface area contributed by atoms with Gasteiger partial charge in [-0.25, -0.2) is 0 Å². The number of nitrogens with zero attached hydrogens (tertiary/aromatic N) is 2. The van der Waals surface area contributed by atoms with Gasteiger partial charge in [-0.1, -0.05) is 137 Å². The van der Waals surface area contributed by atoms with Crippen LogP contribution >= 0.6 is 0 Å². The highest BCUT2D eigenvalue weighted by Crippen LogP contribution is 2.39. The molecule has 2 heteroatoms. The Labute approximate surface area is 297 Å². The third-order valence-electron chi connectivity index (χ3n) is 9.42. The van der Waals surface area contributed by atoms with Crippen molar-refractivity contribution in [3.05, 3.63) is 193 Å². The predicted octanol–water partition coefficient (Wildman–Crippen LogP) is 14.2. The van der Waals surface area contributed by atoms with Gasteiger partial charge >= 0.3 is 0 Å². The molecule has 0 saturated carbocycles. The van der Waals surface area contributed by atoms with Crippen molar-refractivity contribution in [2.45, 2.75) is 39.5 Å². The lowest BCUT2D eigenvalue weighted by molar-refractivity contribution is 0.866. The van der Waals surface area contributed by atoms with Crippen molar-refractivity contribution in [3.8, 4) is 22.3 Å². The first-order valence-electron chi connectivity index (χ1n) is 17.7. The van der Waals surface area contributed by atoms with Crippen molar-refractivity contribution in [2.24, 2.45) is 0 Å². The fraction of sp³-hybridized carbons (Fsp3) is 0.125. The van der Waals surface area contributed by atoms with E-state index in [1.165, 1.54) is 44.8 Å². The molecule has 2 nitrogen and oxygen atoms in total. The van der Waals surface area contributed by atoms with E-state index in [0.717, 1.165) is 22.7 Å². The Morgan fingerprint density at radius 1 is 0.280 bits per heavy atom. The molecule has 7 rings (SSSR count). The van der Waals surface area contributed by atoms with E-state index < -0.39 is 0 Å². The molecule has 0 aliphatic rings. The summed E-state index contributed by atoms with van der Waals surface area (Å²) in [5, 5.41) is 0. The summed E-state index contributed by atoms with van der Waals surface area (Å²) >= 11 is 0. The molecule has 7 aromatic carbocycles. The zero-order valence-corrected chi connectivity index (χ0v) is 29.4. The van der Waals surface area contributed by atoms with Crippen molar-refractivity contribution in [3.63, 3.8) is 0 Å². The molecule has 0 heterocycles. The van der Waals surface area contributed by atoms with Gasteiger partial charge in [0.2, 0.25) is 0 Å². The molecule has 7 aromatic rings. The van der Waals surface area contributed by atoms with Gasteiger partial charge in [0.1, 0.15) is 0 Å². The molecule has 0 spiro atoms. The van der Waals surface area contributed by atoms with Crippen LogP contribution in [0.4, 0.5) is 34.1 Å². The summed E-state index contributed by atoms with van der Waals surface area (Å²) in [4.78, 5) is 4.67. The SMILES string of the molecule is CC(C)c1cccc(N(c2ccccc2)c2ccc(-c3ccc(-c4ccc(N(c5ccccc5)c5cccc(C(C)C)c5)cc4)cc3)cc2)c1. The first-order chi connectivity index (χ1) is 24.4. The Balaban J connectivity index is 1.13. The molecule has 0 N–H and O–H groups in total. The van der Waals surface area contributed by atoms with Gasteiger partial charge < -0.3 is 9.80 Å². The summed E-state index contributed by atoms with van der Waals surface area (Å²) in [6.07, 6.45) is 0. The normalized spacial score (nSPS) is 11.2. The van der Waals surface area contributed by atoms with Crippen molar-refractivity contribution < 1.29 is 0 Å². The molecule has 0 radical (unpaired) electrons.